The number of halogens is 1. The lowest BCUT2D eigenvalue weighted by Crippen LogP contribution is -2.33. The van der Waals surface area contributed by atoms with Crippen molar-refractivity contribution in [3.8, 4) is 0 Å². The summed E-state index contributed by atoms with van der Waals surface area (Å²) in [6.07, 6.45) is 0. The van der Waals surface area contributed by atoms with Crippen molar-refractivity contribution < 1.29 is 13.9 Å². The van der Waals surface area contributed by atoms with Crippen LogP contribution in [0.2, 0.25) is 0 Å². The minimum absolute atomic E-state index is 0.357. The average molecular weight is 331 g/mol. The molecule has 0 radical (unpaired) electrons. The SMILES string of the molecule is CC1=C(C(=O)OC(C)(C)C)[C@H](c2ccc(F)cc2)n2nnnc2N1. The number of benzene rings is 1. The number of anilines is 1. The number of carbonyl (C=O) groups excluding carboxylic acids is 1. The number of hydrogen-bond acceptors (Lipinski definition) is 6. The molecule has 8 heteroatoms. The highest BCUT2D eigenvalue weighted by Crippen LogP contribution is 2.35. The molecule has 1 atom stereocenters. The number of nitrogens with zero attached hydrogens (tertiary/aromatic N) is 4. The third-order valence-corrected chi connectivity index (χ3v) is 3.52. The third-order valence-electron chi connectivity index (χ3n) is 3.52. The van der Waals surface area contributed by atoms with E-state index in [1.165, 1.54) is 16.8 Å². The molecular formula is C16H18FN5O2. The van der Waals surface area contributed by atoms with Crippen molar-refractivity contribution in [2.75, 3.05) is 5.32 Å². The van der Waals surface area contributed by atoms with Crippen molar-refractivity contribution in [3.05, 3.63) is 46.9 Å². The van der Waals surface area contributed by atoms with Gasteiger partial charge in [0.05, 0.1) is 5.57 Å². The Kier molecular flexibility index (Phi) is 3.82. The topological polar surface area (TPSA) is 81.9 Å². The first-order valence-corrected chi connectivity index (χ1v) is 7.51. The molecule has 1 aliphatic rings. The first kappa shape index (κ1) is 16.1. The van der Waals surface area contributed by atoms with Crippen LogP contribution in [0.1, 0.15) is 39.3 Å². The van der Waals surface area contributed by atoms with Gasteiger partial charge in [-0.25, -0.2) is 9.18 Å². The molecule has 3 rings (SSSR count). The molecule has 2 heterocycles. The van der Waals surface area contributed by atoms with Gasteiger partial charge >= 0.3 is 5.97 Å². The van der Waals surface area contributed by atoms with Crippen molar-refractivity contribution in [2.24, 2.45) is 0 Å². The van der Waals surface area contributed by atoms with Crippen LogP contribution in [0.25, 0.3) is 0 Å². The van der Waals surface area contributed by atoms with Gasteiger partial charge in [-0.3, -0.25) is 0 Å². The fourth-order valence-corrected chi connectivity index (χ4v) is 2.56. The molecule has 1 aromatic carbocycles. The Morgan fingerprint density at radius 1 is 1.29 bits per heavy atom. The molecule has 0 saturated heterocycles. The van der Waals surface area contributed by atoms with Crippen LogP contribution in [-0.2, 0) is 9.53 Å². The van der Waals surface area contributed by atoms with E-state index in [4.69, 9.17) is 4.74 Å². The molecule has 24 heavy (non-hydrogen) atoms. The predicted octanol–water partition coefficient (Wildman–Crippen LogP) is 2.44. The number of esters is 1. The van der Waals surface area contributed by atoms with Gasteiger partial charge in [-0.05, 0) is 55.8 Å². The molecule has 0 aliphatic carbocycles. The Bertz CT molecular complexity index is 805. The van der Waals surface area contributed by atoms with E-state index in [1.54, 1.807) is 39.8 Å². The van der Waals surface area contributed by atoms with Crippen LogP contribution in [0, 0.1) is 5.82 Å². The molecule has 0 bridgehead atoms. The Labute approximate surface area is 138 Å². The Morgan fingerprint density at radius 3 is 2.58 bits per heavy atom. The van der Waals surface area contributed by atoms with Gasteiger partial charge in [0.1, 0.15) is 17.5 Å². The van der Waals surface area contributed by atoms with E-state index in [0.717, 1.165) is 0 Å². The summed E-state index contributed by atoms with van der Waals surface area (Å²) in [5.74, 6) is -0.416. The average Bonchev–Trinajstić information content (AvgIpc) is 2.92. The van der Waals surface area contributed by atoms with Gasteiger partial charge in [0.25, 0.3) is 0 Å². The summed E-state index contributed by atoms with van der Waals surface area (Å²) in [5.41, 5.74) is 1.03. The molecule has 0 fully saturated rings. The van der Waals surface area contributed by atoms with Crippen LogP contribution in [0.4, 0.5) is 10.3 Å². The summed E-state index contributed by atoms with van der Waals surface area (Å²) in [6, 6.07) is 5.29. The number of hydrogen-bond donors (Lipinski definition) is 1. The number of tetrazole rings is 1. The van der Waals surface area contributed by atoms with Crippen LogP contribution < -0.4 is 5.32 Å². The largest absolute Gasteiger partial charge is 0.456 e. The molecule has 0 saturated carbocycles. The minimum Gasteiger partial charge on any atom is -0.456 e. The lowest BCUT2D eigenvalue weighted by molar-refractivity contribution is -0.150. The van der Waals surface area contributed by atoms with E-state index in [1.807, 2.05) is 0 Å². The monoisotopic (exact) mass is 331 g/mol. The van der Waals surface area contributed by atoms with Crippen molar-refractivity contribution >= 4 is 11.9 Å². The van der Waals surface area contributed by atoms with Gasteiger partial charge in [-0.15, -0.1) is 0 Å². The van der Waals surface area contributed by atoms with Gasteiger partial charge in [0, 0.05) is 5.70 Å². The third kappa shape index (κ3) is 2.99. The smallest absolute Gasteiger partial charge is 0.338 e. The zero-order valence-electron chi connectivity index (χ0n) is 13.9. The zero-order valence-corrected chi connectivity index (χ0v) is 13.9. The maximum Gasteiger partial charge on any atom is 0.338 e. The summed E-state index contributed by atoms with van der Waals surface area (Å²) in [4.78, 5) is 12.7. The van der Waals surface area contributed by atoms with Crippen LogP contribution in [0.15, 0.2) is 35.5 Å². The number of allylic oxidation sites excluding steroid dienone is 1. The van der Waals surface area contributed by atoms with Gasteiger partial charge in [-0.1, -0.05) is 17.2 Å². The second kappa shape index (κ2) is 5.70. The highest BCUT2D eigenvalue weighted by Gasteiger charge is 2.36. The second-order valence-corrected chi connectivity index (χ2v) is 6.57. The van der Waals surface area contributed by atoms with Crippen molar-refractivity contribution in [1.82, 2.24) is 20.2 Å². The highest BCUT2D eigenvalue weighted by molar-refractivity contribution is 5.92. The summed E-state index contributed by atoms with van der Waals surface area (Å²) in [7, 11) is 0. The van der Waals surface area contributed by atoms with Gasteiger partial charge in [0.15, 0.2) is 0 Å². The van der Waals surface area contributed by atoms with E-state index in [-0.39, 0.29) is 5.82 Å². The summed E-state index contributed by atoms with van der Waals surface area (Å²) in [5, 5.41) is 14.5. The maximum absolute atomic E-state index is 13.3. The van der Waals surface area contributed by atoms with Crippen molar-refractivity contribution in [3.63, 3.8) is 0 Å². The fourth-order valence-electron chi connectivity index (χ4n) is 2.56. The van der Waals surface area contributed by atoms with E-state index < -0.39 is 17.6 Å². The van der Waals surface area contributed by atoms with Gasteiger partial charge in [-0.2, -0.15) is 4.68 Å². The molecular weight excluding hydrogens is 313 g/mol. The van der Waals surface area contributed by atoms with Crippen LogP contribution in [0.5, 0.6) is 0 Å². The lowest BCUT2D eigenvalue weighted by Gasteiger charge is -2.29. The van der Waals surface area contributed by atoms with E-state index in [2.05, 4.69) is 20.8 Å². The van der Waals surface area contributed by atoms with E-state index in [0.29, 0.717) is 22.8 Å². The first-order chi connectivity index (χ1) is 11.3. The summed E-state index contributed by atoms with van der Waals surface area (Å²) < 4.78 is 20.3. The molecule has 1 N–H and O–H groups in total. The molecule has 2 aromatic rings. The van der Waals surface area contributed by atoms with Crippen LogP contribution >= 0.6 is 0 Å². The minimum atomic E-state index is -0.640. The van der Waals surface area contributed by atoms with Crippen LogP contribution in [0.3, 0.4) is 0 Å². The number of aromatic nitrogens is 4. The number of carbonyl (C=O) groups is 1. The fraction of sp³-hybridized carbons (Fsp3) is 0.375. The number of nitrogens with one attached hydrogen (secondary N) is 1. The Morgan fingerprint density at radius 2 is 1.96 bits per heavy atom. The van der Waals surface area contributed by atoms with Gasteiger partial charge < -0.3 is 10.1 Å². The second-order valence-electron chi connectivity index (χ2n) is 6.57. The molecule has 0 spiro atoms. The molecule has 1 aliphatic heterocycles. The molecule has 1 aromatic heterocycles. The van der Waals surface area contributed by atoms with Crippen LogP contribution in [-0.4, -0.2) is 31.8 Å². The standard InChI is InChI=1S/C16H18FN5O2/c1-9-12(14(23)24-16(2,3)4)13(10-5-7-11(17)8-6-10)22-15(18-9)19-20-21-22/h5-8,13H,1-4H3,(H,18,19,21)/t13-/m0/s1. The normalized spacial score (nSPS) is 17.3. The Balaban J connectivity index is 2.10. The zero-order chi connectivity index (χ0) is 17.5. The Hall–Kier alpha value is -2.77. The molecule has 126 valence electrons. The van der Waals surface area contributed by atoms with Gasteiger partial charge in [0.2, 0.25) is 5.95 Å². The summed E-state index contributed by atoms with van der Waals surface area (Å²) >= 11 is 0. The molecule has 7 nitrogen and oxygen atoms in total. The van der Waals surface area contributed by atoms with E-state index in [9.17, 15) is 9.18 Å². The number of fused-ring (bicyclic) bond motifs is 1. The van der Waals surface area contributed by atoms with E-state index >= 15 is 0 Å². The number of rotatable bonds is 2. The van der Waals surface area contributed by atoms with Crippen molar-refractivity contribution in [1.29, 1.82) is 0 Å². The quantitative estimate of drug-likeness (QED) is 0.851. The number of ether oxygens (including phenoxy) is 1. The molecule has 0 unspecified atom stereocenters. The lowest BCUT2D eigenvalue weighted by atomic mass is 9.95. The van der Waals surface area contributed by atoms with Crippen molar-refractivity contribution in [2.45, 2.75) is 39.3 Å². The molecule has 0 amide bonds. The predicted molar refractivity (Wildman–Crippen MR) is 84.5 cm³/mol. The first-order valence-electron chi connectivity index (χ1n) is 7.51. The highest BCUT2D eigenvalue weighted by atomic mass is 19.1. The maximum atomic E-state index is 13.3. The summed E-state index contributed by atoms with van der Waals surface area (Å²) in [6.45, 7) is 7.15.